The van der Waals surface area contributed by atoms with Gasteiger partial charge in [-0.05, 0) is 37.0 Å². The summed E-state index contributed by atoms with van der Waals surface area (Å²) in [6, 6.07) is 12.2. The second kappa shape index (κ2) is 9.42. The molecule has 8 heteroatoms. The topological polar surface area (TPSA) is 106 Å². The van der Waals surface area contributed by atoms with Gasteiger partial charge in [-0.3, -0.25) is 14.4 Å². The Morgan fingerprint density at radius 2 is 1.74 bits per heavy atom. The molecule has 1 aromatic carbocycles. The molecule has 1 atom stereocenters. The first kappa shape index (κ1) is 22.0. The van der Waals surface area contributed by atoms with Crippen molar-refractivity contribution < 1.29 is 14.1 Å². The Bertz CT molecular complexity index is 1130. The van der Waals surface area contributed by atoms with Crippen molar-refractivity contribution >= 4 is 17.6 Å². The molecule has 0 saturated heterocycles. The zero-order valence-corrected chi connectivity index (χ0v) is 18.0. The van der Waals surface area contributed by atoms with Crippen LogP contribution in [0.15, 0.2) is 58.0 Å². The maximum atomic E-state index is 12.7. The average Bonchev–Trinajstić information content (AvgIpc) is 3.13. The minimum absolute atomic E-state index is 0.215. The molecular formula is C23H26N4O4. The fourth-order valence-electron chi connectivity index (χ4n) is 3.08. The minimum atomic E-state index is -0.452. The van der Waals surface area contributed by atoms with Gasteiger partial charge in [0.25, 0.3) is 11.5 Å². The highest BCUT2D eigenvalue weighted by Crippen LogP contribution is 2.19. The lowest BCUT2D eigenvalue weighted by atomic mass is 9.99. The number of amides is 2. The van der Waals surface area contributed by atoms with Crippen LogP contribution in [0.5, 0.6) is 0 Å². The lowest BCUT2D eigenvalue weighted by Crippen LogP contribution is -2.31. The van der Waals surface area contributed by atoms with E-state index in [4.69, 9.17) is 4.52 Å². The molecule has 3 aromatic rings. The van der Waals surface area contributed by atoms with Crippen LogP contribution in [0.25, 0.3) is 0 Å². The van der Waals surface area contributed by atoms with Crippen molar-refractivity contribution in [2.24, 2.45) is 0 Å². The maximum Gasteiger partial charge on any atom is 0.253 e. The fraction of sp³-hybridized carbons (Fsp3) is 0.304. The van der Waals surface area contributed by atoms with Crippen molar-refractivity contribution in [1.29, 1.82) is 0 Å². The number of carbonyl (C=O) groups is 2. The molecule has 162 valence electrons. The third kappa shape index (κ3) is 5.69. The standard InChI is InChI=1S/C23H26N4O4/c1-14(2)17-5-7-18(8-6-17)16(4)24-23(30)19-9-10-22(29)27(12-19)13-21(28)25-20-11-15(3)31-26-20/h5-12,14,16H,13H2,1-4H3,(H,24,30)(H,25,26,28)/t16-/m0/s1. The van der Waals surface area contributed by atoms with Gasteiger partial charge < -0.3 is 19.7 Å². The summed E-state index contributed by atoms with van der Waals surface area (Å²) in [4.78, 5) is 37.0. The SMILES string of the molecule is Cc1cc(NC(=O)Cn2cc(C(=O)N[C@@H](C)c3ccc(C(C)C)cc3)ccc2=O)no1. The monoisotopic (exact) mass is 422 g/mol. The lowest BCUT2D eigenvalue weighted by Gasteiger charge is -2.16. The highest BCUT2D eigenvalue weighted by Gasteiger charge is 2.14. The molecule has 8 nitrogen and oxygen atoms in total. The first-order valence-corrected chi connectivity index (χ1v) is 10.1. The van der Waals surface area contributed by atoms with E-state index in [1.54, 1.807) is 13.0 Å². The number of hydrogen-bond donors (Lipinski definition) is 2. The highest BCUT2D eigenvalue weighted by atomic mass is 16.5. The zero-order chi connectivity index (χ0) is 22.5. The van der Waals surface area contributed by atoms with Gasteiger partial charge in [0.15, 0.2) is 5.82 Å². The number of benzene rings is 1. The third-order valence-corrected chi connectivity index (χ3v) is 4.91. The van der Waals surface area contributed by atoms with Crippen molar-refractivity contribution in [2.45, 2.75) is 46.2 Å². The van der Waals surface area contributed by atoms with Crippen LogP contribution in [0.4, 0.5) is 5.82 Å². The molecule has 0 radical (unpaired) electrons. The highest BCUT2D eigenvalue weighted by molar-refractivity contribution is 5.94. The molecule has 2 amide bonds. The first-order valence-electron chi connectivity index (χ1n) is 10.1. The van der Waals surface area contributed by atoms with Crippen molar-refractivity contribution in [1.82, 2.24) is 15.0 Å². The van der Waals surface area contributed by atoms with E-state index in [0.717, 1.165) is 5.56 Å². The van der Waals surface area contributed by atoms with Crippen molar-refractivity contribution in [3.05, 3.63) is 81.5 Å². The quantitative estimate of drug-likeness (QED) is 0.607. The summed E-state index contributed by atoms with van der Waals surface area (Å²) in [6.07, 6.45) is 1.37. The third-order valence-electron chi connectivity index (χ3n) is 4.91. The Morgan fingerprint density at radius 3 is 2.35 bits per heavy atom. The molecule has 0 aliphatic carbocycles. The number of aromatic nitrogens is 2. The molecule has 0 spiro atoms. The van der Waals surface area contributed by atoms with E-state index in [0.29, 0.717) is 11.7 Å². The summed E-state index contributed by atoms with van der Waals surface area (Å²) in [6.45, 7) is 7.60. The van der Waals surface area contributed by atoms with E-state index < -0.39 is 5.91 Å². The minimum Gasteiger partial charge on any atom is -0.360 e. The second-order valence-electron chi connectivity index (χ2n) is 7.77. The van der Waals surface area contributed by atoms with Crippen molar-refractivity contribution in [2.75, 3.05) is 5.32 Å². The van der Waals surface area contributed by atoms with Crippen LogP contribution in [-0.2, 0) is 11.3 Å². The predicted molar refractivity (Wildman–Crippen MR) is 117 cm³/mol. The van der Waals surface area contributed by atoms with Crippen LogP contribution in [0, 0.1) is 6.92 Å². The second-order valence-corrected chi connectivity index (χ2v) is 7.77. The van der Waals surface area contributed by atoms with Crippen LogP contribution in [0.2, 0.25) is 0 Å². The van der Waals surface area contributed by atoms with E-state index in [1.165, 1.54) is 28.5 Å². The summed E-state index contributed by atoms with van der Waals surface area (Å²) < 4.78 is 6.08. The average molecular weight is 422 g/mol. The van der Waals surface area contributed by atoms with Gasteiger partial charge in [-0.15, -0.1) is 0 Å². The van der Waals surface area contributed by atoms with Gasteiger partial charge >= 0.3 is 0 Å². The summed E-state index contributed by atoms with van der Waals surface area (Å²) in [5.74, 6) is 0.472. The van der Waals surface area contributed by atoms with Crippen LogP contribution in [0.1, 0.15) is 60.0 Å². The van der Waals surface area contributed by atoms with Gasteiger partial charge in [0, 0.05) is 18.3 Å². The van der Waals surface area contributed by atoms with E-state index in [-0.39, 0.29) is 35.4 Å². The van der Waals surface area contributed by atoms with Gasteiger partial charge in [-0.2, -0.15) is 0 Å². The molecule has 2 heterocycles. The summed E-state index contributed by atoms with van der Waals surface area (Å²) >= 11 is 0. The number of pyridine rings is 1. The van der Waals surface area contributed by atoms with Gasteiger partial charge in [0.1, 0.15) is 12.3 Å². The number of aryl methyl sites for hydroxylation is 1. The Kier molecular flexibility index (Phi) is 6.69. The molecule has 0 bridgehead atoms. The first-order chi connectivity index (χ1) is 14.7. The molecule has 0 fully saturated rings. The molecule has 3 rings (SSSR count). The van der Waals surface area contributed by atoms with Crippen LogP contribution >= 0.6 is 0 Å². The lowest BCUT2D eigenvalue weighted by molar-refractivity contribution is -0.116. The molecule has 2 aromatic heterocycles. The number of nitrogens with one attached hydrogen (secondary N) is 2. The molecule has 0 unspecified atom stereocenters. The zero-order valence-electron chi connectivity index (χ0n) is 18.0. The van der Waals surface area contributed by atoms with Crippen molar-refractivity contribution in [3.63, 3.8) is 0 Å². The summed E-state index contributed by atoms with van der Waals surface area (Å²) in [5.41, 5.74) is 2.11. The largest absolute Gasteiger partial charge is 0.360 e. The molecule has 0 saturated carbocycles. The number of nitrogens with zero attached hydrogens (tertiary/aromatic N) is 2. The number of carbonyl (C=O) groups excluding carboxylic acids is 2. The smallest absolute Gasteiger partial charge is 0.253 e. The number of rotatable bonds is 7. The normalized spacial score (nSPS) is 11.9. The number of hydrogen-bond acceptors (Lipinski definition) is 5. The van der Waals surface area contributed by atoms with Crippen LogP contribution in [-0.4, -0.2) is 21.5 Å². The molecule has 31 heavy (non-hydrogen) atoms. The van der Waals surface area contributed by atoms with Crippen LogP contribution < -0.4 is 16.2 Å². The fourth-order valence-corrected chi connectivity index (χ4v) is 3.08. The molecule has 0 aliphatic rings. The van der Waals surface area contributed by atoms with Gasteiger partial charge in [-0.25, -0.2) is 0 Å². The number of anilines is 1. The molecular weight excluding hydrogens is 396 g/mol. The van der Waals surface area contributed by atoms with E-state index in [1.807, 2.05) is 19.1 Å². The summed E-state index contributed by atoms with van der Waals surface area (Å²) in [7, 11) is 0. The Morgan fingerprint density at radius 1 is 1.06 bits per heavy atom. The molecule has 0 aliphatic heterocycles. The maximum absolute atomic E-state index is 12.7. The Hall–Kier alpha value is -3.68. The van der Waals surface area contributed by atoms with Crippen molar-refractivity contribution in [3.8, 4) is 0 Å². The predicted octanol–water partition coefficient (Wildman–Crippen LogP) is 3.40. The van der Waals surface area contributed by atoms with E-state index in [2.05, 4.69) is 41.8 Å². The van der Waals surface area contributed by atoms with Gasteiger partial charge in [-0.1, -0.05) is 43.3 Å². The Labute approximate surface area is 180 Å². The van der Waals surface area contributed by atoms with E-state index >= 15 is 0 Å². The van der Waals surface area contributed by atoms with Gasteiger partial charge in [0.2, 0.25) is 5.91 Å². The van der Waals surface area contributed by atoms with Crippen LogP contribution in [0.3, 0.4) is 0 Å². The summed E-state index contributed by atoms with van der Waals surface area (Å²) in [5, 5.41) is 9.16. The Balaban J connectivity index is 1.67. The van der Waals surface area contributed by atoms with Gasteiger partial charge in [0.05, 0.1) is 11.6 Å². The van der Waals surface area contributed by atoms with E-state index in [9.17, 15) is 14.4 Å². The molecule has 2 N–H and O–H groups in total.